The second kappa shape index (κ2) is 7.20. The Balaban J connectivity index is 1.36. The van der Waals surface area contributed by atoms with Gasteiger partial charge in [0, 0.05) is 13.0 Å². The maximum absolute atomic E-state index is 12.4. The minimum atomic E-state index is -0.368. The van der Waals surface area contributed by atoms with Gasteiger partial charge in [-0.2, -0.15) is 0 Å². The van der Waals surface area contributed by atoms with Crippen molar-refractivity contribution in [1.29, 1.82) is 0 Å². The number of benzene rings is 2. The van der Waals surface area contributed by atoms with Gasteiger partial charge in [0.25, 0.3) is 0 Å². The molecule has 1 aliphatic rings. The molecule has 5 nitrogen and oxygen atoms in total. The molecule has 1 N–H and O–H groups in total. The van der Waals surface area contributed by atoms with Crippen LogP contribution in [0.2, 0.25) is 0 Å². The molecule has 1 heterocycles. The van der Waals surface area contributed by atoms with E-state index in [-0.39, 0.29) is 17.7 Å². The number of aromatic nitrogens is 1. The zero-order valence-corrected chi connectivity index (χ0v) is 14.6. The van der Waals surface area contributed by atoms with Gasteiger partial charge in [0.2, 0.25) is 5.91 Å². The number of nitrogens with zero attached hydrogens (tertiary/aromatic N) is 1. The van der Waals surface area contributed by atoms with Crippen molar-refractivity contribution in [1.82, 2.24) is 9.88 Å². The van der Waals surface area contributed by atoms with Gasteiger partial charge in [-0.1, -0.05) is 36.4 Å². The van der Waals surface area contributed by atoms with E-state index in [1.54, 1.807) is 10.6 Å². The van der Waals surface area contributed by atoms with Crippen molar-refractivity contribution in [2.75, 3.05) is 0 Å². The summed E-state index contributed by atoms with van der Waals surface area (Å²) in [7, 11) is 0. The Morgan fingerprint density at radius 3 is 2.88 bits per heavy atom. The van der Waals surface area contributed by atoms with Gasteiger partial charge in [0.15, 0.2) is 5.58 Å². The van der Waals surface area contributed by atoms with Crippen LogP contribution < -0.4 is 11.1 Å². The van der Waals surface area contributed by atoms with Crippen LogP contribution in [0.5, 0.6) is 0 Å². The SMILES string of the molecule is O=C(CCCn1c(=O)oc2ccccc21)NC1CCCc2ccccc21. The number of aryl methyl sites for hydroxylation is 2. The Morgan fingerprint density at radius 1 is 1.15 bits per heavy atom. The summed E-state index contributed by atoms with van der Waals surface area (Å²) < 4.78 is 6.82. The predicted molar refractivity (Wildman–Crippen MR) is 100.0 cm³/mol. The molecular weight excluding hydrogens is 328 g/mol. The molecule has 0 fully saturated rings. The predicted octanol–water partition coefficient (Wildman–Crippen LogP) is 3.57. The van der Waals surface area contributed by atoms with E-state index in [0.29, 0.717) is 25.0 Å². The summed E-state index contributed by atoms with van der Waals surface area (Å²) in [5.41, 5.74) is 3.93. The number of carbonyl (C=O) groups is 1. The normalized spacial score (nSPS) is 16.4. The van der Waals surface area contributed by atoms with Gasteiger partial charge < -0.3 is 9.73 Å². The number of hydrogen-bond acceptors (Lipinski definition) is 3. The van der Waals surface area contributed by atoms with Crippen molar-refractivity contribution in [3.63, 3.8) is 0 Å². The molecule has 0 saturated carbocycles. The highest BCUT2D eigenvalue weighted by atomic mass is 16.4. The number of carbonyl (C=O) groups excluding carboxylic acids is 1. The molecule has 26 heavy (non-hydrogen) atoms. The summed E-state index contributed by atoms with van der Waals surface area (Å²) in [6.07, 6.45) is 4.15. The number of hydrogen-bond donors (Lipinski definition) is 1. The van der Waals surface area contributed by atoms with Crippen LogP contribution in [-0.4, -0.2) is 10.5 Å². The van der Waals surface area contributed by atoms with E-state index in [1.807, 2.05) is 24.3 Å². The zero-order valence-electron chi connectivity index (χ0n) is 14.6. The molecule has 0 radical (unpaired) electrons. The highest BCUT2D eigenvalue weighted by Gasteiger charge is 2.21. The smallest absolute Gasteiger partial charge is 0.408 e. The molecule has 134 valence electrons. The highest BCUT2D eigenvalue weighted by molar-refractivity contribution is 5.76. The fourth-order valence-corrected chi connectivity index (χ4v) is 3.79. The lowest BCUT2D eigenvalue weighted by molar-refractivity contribution is -0.122. The lowest BCUT2D eigenvalue weighted by Gasteiger charge is -2.26. The lowest BCUT2D eigenvalue weighted by Crippen LogP contribution is -2.31. The summed E-state index contributed by atoms with van der Waals surface area (Å²) in [5.74, 6) is -0.333. The van der Waals surface area contributed by atoms with E-state index in [1.165, 1.54) is 11.1 Å². The minimum absolute atomic E-state index is 0.0348. The fraction of sp³-hybridized carbons (Fsp3) is 0.333. The lowest BCUT2D eigenvalue weighted by atomic mass is 9.87. The van der Waals surface area contributed by atoms with Crippen LogP contribution in [0.25, 0.3) is 11.1 Å². The molecule has 3 aromatic rings. The van der Waals surface area contributed by atoms with Gasteiger partial charge in [-0.25, -0.2) is 4.79 Å². The quantitative estimate of drug-likeness (QED) is 0.765. The van der Waals surface area contributed by atoms with E-state index < -0.39 is 0 Å². The Bertz CT molecular complexity index is 986. The second-order valence-corrected chi connectivity index (χ2v) is 6.80. The molecule has 1 unspecified atom stereocenters. The van der Waals surface area contributed by atoms with Crippen LogP contribution in [0, 0.1) is 0 Å². The summed E-state index contributed by atoms with van der Waals surface area (Å²) in [4.78, 5) is 24.3. The summed E-state index contributed by atoms with van der Waals surface area (Å²) in [5, 5.41) is 3.16. The third-order valence-electron chi connectivity index (χ3n) is 5.06. The average molecular weight is 350 g/mol. The Hall–Kier alpha value is -2.82. The van der Waals surface area contributed by atoms with Gasteiger partial charge in [0.1, 0.15) is 0 Å². The van der Waals surface area contributed by atoms with Crippen LogP contribution in [0.1, 0.15) is 42.9 Å². The summed E-state index contributed by atoms with van der Waals surface area (Å²) >= 11 is 0. The molecule has 1 aromatic heterocycles. The van der Waals surface area contributed by atoms with Gasteiger partial charge in [-0.15, -0.1) is 0 Å². The van der Waals surface area contributed by atoms with Crippen LogP contribution >= 0.6 is 0 Å². The van der Waals surface area contributed by atoms with Crippen molar-refractivity contribution in [3.05, 3.63) is 70.2 Å². The molecule has 1 aliphatic carbocycles. The fourth-order valence-electron chi connectivity index (χ4n) is 3.79. The molecule has 0 saturated heterocycles. The monoisotopic (exact) mass is 350 g/mol. The number of oxazole rings is 1. The molecule has 0 aliphatic heterocycles. The van der Waals surface area contributed by atoms with E-state index in [9.17, 15) is 9.59 Å². The van der Waals surface area contributed by atoms with E-state index in [4.69, 9.17) is 4.42 Å². The molecule has 0 bridgehead atoms. The second-order valence-electron chi connectivity index (χ2n) is 6.80. The molecule has 1 atom stereocenters. The Labute approximate surface area is 151 Å². The minimum Gasteiger partial charge on any atom is -0.408 e. The molecule has 1 amide bonds. The first-order chi connectivity index (χ1) is 12.7. The Kier molecular flexibility index (Phi) is 4.61. The third kappa shape index (κ3) is 3.29. The largest absolute Gasteiger partial charge is 0.419 e. The molecular formula is C21H22N2O3. The molecule has 0 spiro atoms. The van der Waals surface area contributed by atoms with Gasteiger partial charge in [0.05, 0.1) is 11.6 Å². The number of para-hydroxylation sites is 2. The van der Waals surface area contributed by atoms with Crippen molar-refractivity contribution in [2.45, 2.75) is 44.7 Å². The average Bonchev–Trinajstić information content (AvgIpc) is 2.98. The van der Waals surface area contributed by atoms with E-state index >= 15 is 0 Å². The first-order valence-electron chi connectivity index (χ1n) is 9.18. The van der Waals surface area contributed by atoms with Crippen molar-refractivity contribution >= 4 is 17.0 Å². The highest BCUT2D eigenvalue weighted by Crippen LogP contribution is 2.29. The molecule has 4 rings (SSSR count). The number of nitrogens with one attached hydrogen (secondary N) is 1. The van der Waals surface area contributed by atoms with Gasteiger partial charge >= 0.3 is 5.76 Å². The van der Waals surface area contributed by atoms with Crippen molar-refractivity contribution < 1.29 is 9.21 Å². The van der Waals surface area contributed by atoms with Crippen LogP contribution in [0.15, 0.2) is 57.7 Å². The maximum Gasteiger partial charge on any atom is 0.419 e. The standard InChI is InChI=1S/C21H22N2O3/c24-20(22-17-10-5-8-15-7-1-2-9-16(15)17)13-6-14-23-18-11-3-4-12-19(18)26-21(23)25/h1-4,7,9,11-12,17H,5-6,8,10,13-14H2,(H,22,24). The van der Waals surface area contributed by atoms with Gasteiger partial charge in [-0.05, 0) is 48.9 Å². The van der Waals surface area contributed by atoms with E-state index in [0.717, 1.165) is 24.8 Å². The van der Waals surface area contributed by atoms with Gasteiger partial charge in [-0.3, -0.25) is 9.36 Å². The number of rotatable bonds is 5. The summed E-state index contributed by atoms with van der Waals surface area (Å²) in [6, 6.07) is 15.8. The topological polar surface area (TPSA) is 64.2 Å². The first-order valence-corrected chi connectivity index (χ1v) is 9.18. The number of amides is 1. The van der Waals surface area contributed by atoms with Crippen LogP contribution in [0.4, 0.5) is 0 Å². The van der Waals surface area contributed by atoms with Crippen molar-refractivity contribution in [3.8, 4) is 0 Å². The zero-order chi connectivity index (χ0) is 17.9. The molecule has 2 aromatic carbocycles. The van der Waals surface area contributed by atoms with E-state index in [2.05, 4.69) is 23.5 Å². The summed E-state index contributed by atoms with van der Waals surface area (Å²) in [6.45, 7) is 0.477. The Morgan fingerprint density at radius 2 is 1.96 bits per heavy atom. The first kappa shape index (κ1) is 16.6. The van der Waals surface area contributed by atoms with Crippen LogP contribution in [-0.2, 0) is 17.8 Å². The van der Waals surface area contributed by atoms with Crippen LogP contribution in [0.3, 0.4) is 0 Å². The third-order valence-corrected chi connectivity index (χ3v) is 5.06. The van der Waals surface area contributed by atoms with Crippen molar-refractivity contribution in [2.24, 2.45) is 0 Å². The number of fused-ring (bicyclic) bond motifs is 2. The maximum atomic E-state index is 12.4. The molecule has 5 heteroatoms.